The second-order valence-corrected chi connectivity index (χ2v) is 8.24. The molecule has 0 bridgehead atoms. The number of halogens is 13. The standard InChI is InChI=1S/C12H12F13NO3S/c13-7(14,9(17,18)11(21,22)23)8(15,16)10(19,20)12(24,25)30(27,28)6-3-26-1-4-29-5-2-26/h1-6H2. The van der Waals surface area contributed by atoms with Gasteiger partial charge in [0, 0.05) is 19.6 Å². The quantitative estimate of drug-likeness (QED) is 0.483. The molecular formula is C12H12F13NO3S. The van der Waals surface area contributed by atoms with Crippen LogP contribution in [0.4, 0.5) is 57.1 Å². The third-order valence-electron chi connectivity index (χ3n) is 4.08. The fourth-order valence-corrected chi connectivity index (χ4v) is 3.43. The number of hydrogen-bond donors (Lipinski definition) is 0. The molecular weight excluding hydrogens is 485 g/mol. The molecule has 30 heavy (non-hydrogen) atoms. The Kier molecular flexibility index (Phi) is 7.04. The summed E-state index contributed by atoms with van der Waals surface area (Å²) < 4.78 is 197. The van der Waals surface area contributed by atoms with Gasteiger partial charge in [0.2, 0.25) is 9.84 Å². The number of hydrogen-bond acceptors (Lipinski definition) is 4. The van der Waals surface area contributed by atoms with E-state index in [0.717, 1.165) is 4.90 Å². The van der Waals surface area contributed by atoms with Gasteiger partial charge in [-0.15, -0.1) is 0 Å². The van der Waals surface area contributed by atoms with Crippen LogP contribution in [0, 0.1) is 0 Å². The lowest BCUT2D eigenvalue weighted by molar-refractivity contribution is -0.433. The van der Waals surface area contributed by atoms with Gasteiger partial charge < -0.3 is 4.74 Å². The highest BCUT2D eigenvalue weighted by Crippen LogP contribution is 2.61. The normalized spacial score (nSPS) is 19.2. The molecule has 0 atom stereocenters. The topological polar surface area (TPSA) is 46.6 Å². The molecule has 1 rings (SSSR count). The van der Waals surface area contributed by atoms with Crippen molar-refractivity contribution in [1.29, 1.82) is 0 Å². The molecule has 0 aromatic rings. The molecule has 0 N–H and O–H groups in total. The third-order valence-corrected chi connectivity index (χ3v) is 5.83. The van der Waals surface area contributed by atoms with Crippen molar-refractivity contribution in [3.05, 3.63) is 0 Å². The molecule has 1 fully saturated rings. The van der Waals surface area contributed by atoms with E-state index < -0.39 is 57.3 Å². The number of ether oxygens (including phenoxy) is 1. The molecule has 0 aromatic heterocycles. The molecule has 1 aliphatic heterocycles. The molecule has 0 spiro atoms. The zero-order valence-electron chi connectivity index (χ0n) is 14.2. The second kappa shape index (κ2) is 7.83. The SMILES string of the molecule is O=S(=O)(CCN1CCOCC1)C(F)(F)C(F)(F)C(F)(F)C(F)(F)C(F)(F)C(F)(F)F. The molecule has 180 valence electrons. The van der Waals surface area contributed by atoms with Crippen molar-refractivity contribution in [2.75, 3.05) is 38.6 Å². The summed E-state index contributed by atoms with van der Waals surface area (Å²) in [7, 11) is -6.75. The van der Waals surface area contributed by atoms with Crippen molar-refractivity contribution in [3.63, 3.8) is 0 Å². The molecule has 0 unspecified atom stereocenters. The summed E-state index contributed by atoms with van der Waals surface area (Å²) in [5.74, 6) is -34.0. The van der Waals surface area contributed by atoms with E-state index in [1.54, 1.807) is 0 Å². The second-order valence-electron chi connectivity index (χ2n) is 6.08. The number of nitrogens with zero attached hydrogens (tertiary/aromatic N) is 1. The van der Waals surface area contributed by atoms with Gasteiger partial charge in [-0.1, -0.05) is 0 Å². The summed E-state index contributed by atoms with van der Waals surface area (Å²) in [6.45, 7) is -1.31. The summed E-state index contributed by atoms with van der Waals surface area (Å²) in [6.07, 6.45) is -7.56. The number of morpholine rings is 1. The van der Waals surface area contributed by atoms with Crippen LogP contribution in [0.15, 0.2) is 0 Å². The molecule has 0 aromatic carbocycles. The van der Waals surface area contributed by atoms with Crippen molar-refractivity contribution in [2.24, 2.45) is 0 Å². The third kappa shape index (κ3) is 4.05. The van der Waals surface area contributed by atoms with Gasteiger partial charge in [-0.2, -0.15) is 57.1 Å². The van der Waals surface area contributed by atoms with Crippen LogP contribution in [-0.2, 0) is 14.6 Å². The molecule has 4 nitrogen and oxygen atoms in total. The summed E-state index contributed by atoms with van der Waals surface area (Å²) in [4.78, 5) is 1.03. The van der Waals surface area contributed by atoms with Crippen molar-refractivity contribution in [3.8, 4) is 0 Å². The molecule has 1 saturated heterocycles. The Morgan fingerprint density at radius 1 is 0.667 bits per heavy atom. The maximum Gasteiger partial charge on any atom is 0.460 e. The fourth-order valence-electron chi connectivity index (χ4n) is 2.15. The van der Waals surface area contributed by atoms with E-state index in [0.29, 0.717) is 0 Å². The smallest absolute Gasteiger partial charge is 0.379 e. The Morgan fingerprint density at radius 3 is 1.47 bits per heavy atom. The van der Waals surface area contributed by atoms with Crippen molar-refractivity contribution in [1.82, 2.24) is 4.90 Å². The van der Waals surface area contributed by atoms with E-state index in [4.69, 9.17) is 4.74 Å². The van der Waals surface area contributed by atoms with Crippen molar-refractivity contribution >= 4 is 9.84 Å². The maximum absolute atomic E-state index is 13.7. The highest BCUT2D eigenvalue weighted by Gasteiger charge is 2.92. The van der Waals surface area contributed by atoms with Crippen molar-refractivity contribution in [2.45, 2.75) is 35.1 Å². The van der Waals surface area contributed by atoms with Crippen LogP contribution in [-0.4, -0.2) is 87.0 Å². The van der Waals surface area contributed by atoms with Crippen molar-refractivity contribution < 1.29 is 70.2 Å². The molecule has 18 heteroatoms. The Hall–Kier alpha value is -1.04. The summed E-state index contributed by atoms with van der Waals surface area (Å²) in [6, 6.07) is 0. The largest absolute Gasteiger partial charge is 0.460 e. The van der Waals surface area contributed by atoms with Gasteiger partial charge in [-0.25, -0.2) is 8.42 Å². The number of sulfone groups is 1. The first-order valence-corrected chi connectivity index (χ1v) is 9.21. The van der Waals surface area contributed by atoms with E-state index in [-0.39, 0.29) is 26.3 Å². The number of rotatable bonds is 8. The minimum absolute atomic E-state index is 0.0522. The lowest BCUT2D eigenvalue weighted by Crippen LogP contribution is -2.71. The van der Waals surface area contributed by atoms with Gasteiger partial charge in [-0.05, 0) is 0 Å². The number of alkyl halides is 13. The highest BCUT2D eigenvalue weighted by atomic mass is 32.2. The maximum atomic E-state index is 13.7. The minimum atomic E-state index is -8.13. The zero-order valence-corrected chi connectivity index (χ0v) is 15.1. The van der Waals surface area contributed by atoms with Crippen LogP contribution >= 0.6 is 0 Å². The van der Waals surface area contributed by atoms with Crippen LogP contribution < -0.4 is 0 Å². The summed E-state index contributed by atoms with van der Waals surface area (Å²) >= 11 is 0. The first-order valence-electron chi connectivity index (χ1n) is 7.56. The molecule has 1 aliphatic rings. The minimum Gasteiger partial charge on any atom is -0.379 e. The Balaban J connectivity index is 3.30. The van der Waals surface area contributed by atoms with Gasteiger partial charge in [0.1, 0.15) is 0 Å². The van der Waals surface area contributed by atoms with E-state index in [9.17, 15) is 65.5 Å². The van der Waals surface area contributed by atoms with E-state index in [2.05, 4.69) is 0 Å². The van der Waals surface area contributed by atoms with Gasteiger partial charge in [0.25, 0.3) is 0 Å². The monoisotopic (exact) mass is 497 g/mol. The van der Waals surface area contributed by atoms with Crippen LogP contribution in [0.5, 0.6) is 0 Å². The molecule has 0 aliphatic carbocycles. The van der Waals surface area contributed by atoms with Gasteiger partial charge in [0.15, 0.2) is 0 Å². The average molecular weight is 497 g/mol. The fraction of sp³-hybridized carbons (Fsp3) is 1.00. The molecule has 1 heterocycles. The zero-order chi connectivity index (χ0) is 24.0. The highest BCUT2D eigenvalue weighted by molar-refractivity contribution is 7.92. The summed E-state index contributed by atoms with van der Waals surface area (Å²) in [5.41, 5.74) is 0. The van der Waals surface area contributed by atoms with E-state index in [1.807, 2.05) is 0 Å². The predicted molar refractivity (Wildman–Crippen MR) is 71.8 cm³/mol. The lowest BCUT2D eigenvalue weighted by Gasteiger charge is -2.39. The van der Waals surface area contributed by atoms with E-state index in [1.165, 1.54) is 0 Å². The lowest BCUT2D eigenvalue weighted by atomic mass is 9.98. The first-order chi connectivity index (χ1) is 13.1. The van der Waals surface area contributed by atoms with Gasteiger partial charge in [-0.3, -0.25) is 4.90 Å². The Bertz CT molecular complexity index is 713. The van der Waals surface area contributed by atoms with Crippen LogP contribution in [0.3, 0.4) is 0 Å². The van der Waals surface area contributed by atoms with Crippen LogP contribution in [0.2, 0.25) is 0 Å². The van der Waals surface area contributed by atoms with E-state index >= 15 is 0 Å². The van der Waals surface area contributed by atoms with Crippen LogP contribution in [0.1, 0.15) is 0 Å². The molecule has 0 radical (unpaired) electrons. The van der Waals surface area contributed by atoms with Gasteiger partial charge in [0.05, 0.1) is 19.0 Å². The molecule has 0 amide bonds. The summed E-state index contributed by atoms with van der Waals surface area (Å²) in [5, 5.41) is -7.12. The predicted octanol–water partition coefficient (Wildman–Crippen LogP) is 3.43. The Morgan fingerprint density at radius 2 is 1.07 bits per heavy atom. The van der Waals surface area contributed by atoms with Gasteiger partial charge >= 0.3 is 35.1 Å². The van der Waals surface area contributed by atoms with Crippen LogP contribution in [0.25, 0.3) is 0 Å². The Labute approximate surface area is 159 Å². The molecule has 0 saturated carbocycles. The first kappa shape index (κ1) is 27.0. The average Bonchev–Trinajstić information content (AvgIpc) is 2.59.